The summed E-state index contributed by atoms with van der Waals surface area (Å²) >= 11 is 0. The number of hydrogen-bond acceptors (Lipinski definition) is 4. The maximum atomic E-state index is 11.4. The van der Waals surface area contributed by atoms with Gasteiger partial charge in [-0.25, -0.2) is 0 Å². The van der Waals surface area contributed by atoms with Crippen LogP contribution < -0.4 is 4.74 Å². The highest BCUT2D eigenvalue weighted by Crippen LogP contribution is 2.22. The van der Waals surface area contributed by atoms with Gasteiger partial charge in [-0.1, -0.05) is 31.7 Å². The quantitative estimate of drug-likeness (QED) is 0.637. The molecule has 106 valence electrons. The predicted octanol–water partition coefficient (Wildman–Crippen LogP) is 3.12. The fourth-order valence-electron chi connectivity index (χ4n) is 1.87. The van der Waals surface area contributed by atoms with Gasteiger partial charge in [-0.05, 0) is 28.5 Å². The predicted molar refractivity (Wildman–Crippen MR) is 77.7 cm³/mol. The minimum atomic E-state index is -0.587. The van der Waals surface area contributed by atoms with E-state index in [1.54, 1.807) is 7.11 Å². The minimum Gasteiger partial charge on any atom is -0.497 e. The lowest BCUT2D eigenvalue weighted by atomic mass is 10.0. The highest BCUT2D eigenvalue weighted by atomic mass is 16.6. The largest absolute Gasteiger partial charge is 0.497 e. The SMILES string of the molecule is C.COc1ccc2cc(CC(=O)OC(C)=O)ccc2c1. The fourth-order valence-corrected chi connectivity index (χ4v) is 1.87. The molecule has 0 aromatic heterocycles. The number of benzene rings is 2. The second-order valence-electron chi connectivity index (χ2n) is 4.19. The monoisotopic (exact) mass is 274 g/mol. The van der Waals surface area contributed by atoms with Crippen LogP contribution in [-0.4, -0.2) is 19.0 Å². The lowest BCUT2D eigenvalue weighted by Crippen LogP contribution is -2.11. The lowest BCUT2D eigenvalue weighted by molar-refractivity contribution is -0.157. The molecular weight excluding hydrogens is 256 g/mol. The van der Waals surface area contributed by atoms with Crippen LogP contribution in [0, 0.1) is 0 Å². The molecular formula is C16H18O4. The fraction of sp³-hybridized carbons (Fsp3) is 0.250. The van der Waals surface area contributed by atoms with Crippen molar-refractivity contribution in [3.8, 4) is 5.75 Å². The minimum absolute atomic E-state index is 0. The number of carbonyl (C=O) groups is 2. The molecule has 2 rings (SSSR count). The van der Waals surface area contributed by atoms with Gasteiger partial charge < -0.3 is 9.47 Å². The maximum Gasteiger partial charge on any atom is 0.317 e. The van der Waals surface area contributed by atoms with Crippen LogP contribution in [0.25, 0.3) is 10.8 Å². The van der Waals surface area contributed by atoms with Gasteiger partial charge in [0.2, 0.25) is 0 Å². The van der Waals surface area contributed by atoms with Crippen LogP contribution >= 0.6 is 0 Å². The second kappa shape index (κ2) is 6.70. The average Bonchev–Trinajstić information content (AvgIpc) is 2.37. The zero-order valence-electron chi connectivity index (χ0n) is 10.8. The number of carbonyl (C=O) groups excluding carboxylic acids is 2. The summed E-state index contributed by atoms with van der Waals surface area (Å²) in [5.41, 5.74) is 0.809. The van der Waals surface area contributed by atoms with E-state index in [1.165, 1.54) is 6.92 Å². The van der Waals surface area contributed by atoms with Gasteiger partial charge in [0.05, 0.1) is 13.5 Å². The van der Waals surface area contributed by atoms with Gasteiger partial charge >= 0.3 is 11.9 Å². The van der Waals surface area contributed by atoms with Crippen LogP contribution in [0.2, 0.25) is 0 Å². The molecule has 0 heterocycles. The molecule has 0 amide bonds. The van der Waals surface area contributed by atoms with E-state index in [4.69, 9.17) is 4.74 Å². The summed E-state index contributed by atoms with van der Waals surface area (Å²) in [4.78, 5) is 22.1. The van der Waals surface area contributed by atoms with Crippen molar-refractivity contribution in [2.45, 2.75) is 20.8 Å². The molecule has 0 aliphatic carbocycles. The summed E-state index contributed by atoms with van der Waals surface area (Å²) in [5.74, 6) is -0.341. The number of methoxy groups -OCH3 is 1. The lowest BCUT2D eigenvalue weighted by Gasteiger charge is -2.05. The van der Waals surface area contributed by atoms with Crippen LogP contribution in [0.15, 0.2) is 36.4 Å². The Morgan fingerprint density at radius 1 is 1.05 bits per heavy atom. The van der Waals surface area contributed by atoms with Crippen molar-refractivity contribution in [3.63, 3.8) is 0 Å². The molecule has 0 aliphatic rings. The van der Waals surface area contributed by atoms with Crippen LogP contribution in [0.3, 0.4) is 0 Å². The van der Waals surface area contributed by atoms with Gasteiger partial charge in [-0.3, -0.25) is 9.59 Å². The number of rotatable bonds is 3. The molecule has 0 radical (unpaired) electrons. The van der Waals surface area contributed by atoms with Crippen molar-refractivity contribution < 1.29 is 19.1 Å². The molecule has 2 aromatic rings. The Morgan fingerprint density at radius 2 is 1.70 bits per heavy atom. The van der Waals surface area contributed by atoms with Crippen molar-refractivity contribution in [1.29, 1.82) is 0 Å². The summed E-state index contributed by atoms with van der Waals surface area (Å²) in [6.07, 6.45) is 0.0849. The third kappa shape index (κ3) is 3.82. The molecule has 0 unspecified atom stereocenters. The molecule has 0 saturated heterocycles. The van der Waals surface area contributed by atoms with Crippen molar-refractivity contribution in [1.82, 2.24) is 0 Å². The van der Waals surface area contributed by atoms with Gasteiger partial charge in [0.1, 0.15) is 5.75 Å². The third-order valence-corrected chi connectivity index (χ3v) is 2.72. The Labute approximate surface area is 118 Å². The van der Waals surface area contributed by atoms with E-state index >= 15 is 0 Å². The Kier molecular flexibility index (Phi) is 5.26. The van der Waals surface area contributed by atoms with Crippen LogP contribution in [0.5, 0.6) is 5.75 Å². The normalized spacial score (nSPS) is 9.70. The van der Waals surface area contributed by atoms with Crippen LogP contribution in [0.4, 0.5) is 0 Å². The second-order valence-corrected chi connectivity index (χ2v) is 4.19. The Balaban J connectivity index is 0.00000200. The summed E-state index contributed by atoms with van der Waals surface area (Å²) in [5, 5.41) is 2.04. The van der Waals surface area contributed by atoms with E-state index in [1.807, 2.05) is 36.4 Å². The van der Waals surface area contributed by atoms with Crippen LogP contribution in [0.1, 0.15) is 19.9 Å². The first-order valence-corrected chi connectivity index (χ1v) is 5.86. The van der Waals surface area contributed by atoms with E-state index in [9.17, 15) is 9.59 Å². The Morgan fingerprint density at radius 3 is 2.35 bits per heavy atom. The molecule has 4 nitrogen and oxygen atoms in total. The van der Waals surface area contributed by atoms with Gasteiger partial charge in [-0.15, -0.1) is 0 Å². The Bertz CT molecular complexity index is 631. The summed E-state index contributed by atoms with van der Waals surface area (Å²) in [6.45, 7) is 1.21. The van der Waals surface area contributed by atoms with Crippen molar-refractivity contribution in [3.05, 3.63) is 42.0 Å². The molecule has 2 aromatic carbocycles. The van der Waals surface area contributed by atoms with Crippen molar-refractivity contribution in [2.75, 3.05) is 7.11 Å². The molecule has 0 bridgehead atoms. The number of hydrogen-bond donors (Lipinski definition) is 0. The van der Waals surface area contributed by atoms with E-state index in [0.717, 1.165) is 22.1 Å². The van der Waals surface area contributed by atoms with Crippen LogP contribution in [-0.2, 0) is 20.7 Å². The van der Waals surface area contributed by atoms with E-state index in [-0.39, 0.29) is 13.8 Å². The van der Waals surface area contributed by atoms with Gasteiger partial charge in [0, 0.05) is 6.92 Å². The highest BCUT2D eigenvalue weighted by Gasteiger charge is 2.08. The molecule has 0 fully saturated rings. The third-order valence-electron chi connectivity index (χ3n) is 2.72. The zero-order chi connectivity index (χ0) is 13.8. The number of fused-ring (bicyclic) bond motifs is 1. The molecule has 0 spiro atoms. The first-order chi connectivity index (χ1) is 9.08. The number of esters is 2. The van der Waals surface area contributed by atoms with Gasteiger partial charge in [-0.2, -0.15) is 0 Å². The topological polar surface area (TPSA) is 52.6 Å². The van der Waals surface area contributed by atoms with E-state index in [2.05, 4.69) is 4.74 Å². The zero-order valence-corrected chi connectivity index (χ0v) is 10.8. The standard InChI is InChI=1S/C15H14O4.CH4/c1-10(16)19-15(17)8-11-3-4-13-9-14(18-2)6-5-12(13)7-11;/h3-7,9H,8H2,1-2H3;1H4. The number of ether oxygens (including phenoxy) is 2. The molecule has 0 atom stereocenters. The summed E-state index contributed by atoms with van der Waals surface area (Å²) < 4.78 is 9.65. The Hall–Kier alpha value is -2.36. The van der Waals surface area contributed by atoms with E-state index < -0.39 is 11.9 Å². The smallest absolute Gasteiger partial charge is 0.317 e. The average molecular weight is 274 g/mol. The van der Waals surface area contributed by atoms with Crippen molar-refractivity contribution >= 4 is 22.7 Å². The molecule has 4 heteroatoms. The van der Waals surface area contributed by atoms with Gasteiger partial charge in [0.25, 0.3) is 0 Å². The summed E-state index contributed by atoms with van der Waals surface area (Å²) in [6, 6.07) is 11.4. The molecule has 0 saturated carbocycles. The van der Waals surface area contributed by atoms with Gasteiger partial charge in [0.15, 0.2) is 0 Å². The highest BCUT2D eigenvalue weighted by molar-refractivity contribution is 5.88. The molecule has 0 aliphatic heterocycles. The van der Waals surface area contributed by atoms with E-state index in [0.29, 0.717) is 0 Å². The molecule has 20 heavy (non-hydrogen) atoms. The molecule has 0 N–H and O–H groups in total. The summed E-state index contributed by atoms with van der Waals surface area (Å²) in [7, 11) is 1.62. The first-order valence-electron chi connectivity index (χ1n) is 5.86. The van der Waals surface area contributed by atoms with Crippen molar-refractivity contribution in [2.24, 2.45) is 0 Å². The first kappa shape index (κ1) is 15.7. The maximum absolute atomic E-state index is 11.4.